The smallest absolute Gasteiger partial charge is 0.168 e. The Morgan fingerprint density at radius 2 is 1.73 bits per heavy atom. The van der Waals surface area contributed by atoms with E-state index in [4.69, 9.17) is 12.2 Å². The molecule has 15 heavy (non-hydrogen) atoms. The van der Waals surface area contributed by atoms with Crippen LogP contribution in [-0.2, 0) is 0 Å². The maximum absolute atomic E-state index is 13.4. The van der Waals surface area contributed by atoms with Gasteiger partial charge in [-0.1, -0.05) is 24.4 Å². The highest BCUT2D eigenvalue weighted by Gasteiger charge is 2.09. The minimum Gasteiger partial charge on any atom is -0.346 e. The number of aromatic nitrogens is 1. The molecular weight excluding hydrogens is 216 g/mol. The van der Waals surface area contributed by atoms with Crippen LogP contribution in [0.5, 0.6) is 0 Å². The first-order valence-electron chi connectivity index (χ1n) is 4.32. The van der Waals surface area contributed by atoms with Gasteiger partial charge in [0.25, 0.3) is 0 Å². The monoisotopic (exact) mass is 223 g/mol. The van der Waals surface area contributed by atoms with Gasteiger partial charge in [0.15, 0.2) is 11.6 Å². The maximum atomic E-state index is 13.4. The van der Waals surface area contributed by atoms with Gasteiger partial charge < -0.3 is 4.98 Å². The standard InChI is InChI=1S/C11H7F2NS/c12-8-4-1-3-7(11(8)13)9-5-2-6-10(15)14-9/h1-6H,(H,14,15). The molecular formula is C11H7F2NS. The zero-order valence-corrected chi connectivity index (χ0v) is 8.44. The van der Waals surface area contributed by atoms with Gasteiger partial charge in [-0.2, -0.15) is 0 Å². The van der Waals surface area contributed by atoms with Crippen LogP contribution in [0.1, 0.15) is 0 Å². The van der Waals surface area contributed by atoms with E-state index in [9.17, 15) is 8.78 Å². The Balaban J connectivity index is 2.64. The van der Waals surface area contributed by atoms with E-state index >= 15 is 0 Å². The normalized spacial score (nSPS) is 10.3. The number of aromatic amines is 1. The molecule has 2 aromatic rings. The molecule has 0 saturated carbocycles. The molecule has 0 aliphatic heterocycles. The predicted octanol–water partition coefficient (Wildman–Crippen LogP) is 3.69. The molecule has 4 heteroatoms. The molecule has 76 valence electrons. The van der Waals surface area contributed by atoms with E-state index in [0.717, 1.165) is 6.07 Å². The molecule has 0 spiro atoms. The Morgan fingerprint density at radius 3 is 2.47 bits per heavy atom. The third-order valence-corrected chi connectivity index (χ3v) is 2.25. The van der Waals surface area contributed by atoms with Gasteiger partial charge in [-0.25, -0.2) is 8.78 Å². The van der Waals surface area contributed by atoms with Crippen LogP contribution in [0.25, 0.3) is 11.3 Å². The summed E-state index contributed by atoms with van der Waals surface area (Å²) in [6, 6.07) is 9.05. The van der Waals surface area contributed by atoms with E-state index in [1.807, 2.05) is 0 Å². The summed E-state index contributed by atoms with van der Waals surface area (Å²) in [6.07, 6.45) is 0. The van der Waals surface area contributed by atoms with Crippen LogP contribution in [0.2, 0.25) is 0 Å². The number of rotatable bonds is 1. The Hall–Kier alpha value is -1.55. The van der Waals surface area contributed by atoms with Gasteiger partial charge in [0.2, 0.25) is 0 Å². The van der Waals surface area contributed by atoms with Crippen LogP contribution in [-0.4, -0.2) is 4.98 Å². The zero-order chi connectivity index (χ0) is 10.8. The fraction of sp³-hybridized carbons (Fsp3) is 0. The molecule has 0 fully saturated rings. The Morgan fingerprint density at radius 1 is 1.00 bits per heavy atom. The summed E-state index contributed by atoms with van der Waals surface area (Å²) in [5.74, 6) is -1.73. The van der Waals surface area contributed by atoms with Crippen molar-refractivity contribution in [1.29, 1.82) is 0 Å². The van der Waals surface area contributed by atoms with E-state index in [1.54, 1.807) is 18.2 Å². The second-order valence-corrected chi connectivity index (χ2v) is 3.47. The van der Waals surface area contributed by atoms with Crippen LogP contribution in [0.3, 0.4) is 0 Å². The first-order chi connectivity index (χ1) is 7.18. The molecule has 0 saturated heterocycles. The topological polar surface area (TPSA) is 15.8 Å². The lowest BCUT2D eigenvalue weighted by atomic mass is 10.1. The SMILES string of the molecule is Fc1cccc(-c2cccc(=S)[nH]2)c1F. The summed E-state index contributed by atoms with van der Waals surface area (Å²) in [6.45, 7) is 0. The summed E-state index contributed by atoms with van der Waals surface area (Å²) < 4.78 is 26.8. The van der Waals surface area contributed by atoms with Gasteiger partial charge in [0.05, 0.1) is 0 Å². The molecule has 2 rings (SSSR count). The minimum atomic E-state index is -0.866. The quantitative estimate of drug-likeness (QED) is 0.729. The second kappa shape index (κ2) is 3.90. The largest absolute Gasteiger partial charge is 0.346 e. The van der Waals surface area contributed by atoms with E-state index in [1.165, 1.54) is 12.1 Å². The number of halogens is 2. The average Bonchev–Trinajstić information content (AvgIpc) is 2.22. The lowest BCUT2D eigenvalue weighted by Crippen LogP contribution is -1.91. The summed E-state index contributed by atoms with van der Waals surface area (Å²) >= 11 is 4.90. The van der Waals surface area contributed by atoms with Crippen molar-refractivity contribution in [3.63, 3.8) is 0 Å². The number of hydrogen-bond acceptors (Lipinski definition) is 1. The molecule has 1 N–H and O–H groups in total. The van der Waals surface area contributed by atoms with E-state index in [2.05, 4.69) is 4.98 Å². The highest BCUT2D eigenvalue weighted by molar-refractivity contribution is 7.71. The van der Waals surface area contributed by atoms with Gasteiger partial charge in [-0.3, -0.25) is 0 Å². The molecule has 0 amide bonds. The summed E-state index contributed by atoms with van der Waals surface area (Å²) in [7, 11) is 0. The van der Waals surface area contributed by atoms with Gasteiger partial charge in [-0.05, 0) is 24.3 Å². The first kappa shape index (κ1) is 9.98. The van der Waals surface area contributed by atoms with Crippen LogP contribution >= 0.6 is 12.2 Å². The number of H-pyrrole nitrogens is 1. The molecule has 1 aromatic carbocycles. The second-order valence-electron chi connectivity index (χ2n) is 3.03. The van der Waals surface area contributed by atoms with Crippen molar-refractivity contribution in [3.05, 3.63) is 52.7 Å². The van der Waals surface area contributed by atoms with Gasteiger partial charge in [-0.15, -0.1) is 0 Å². The van der Waals surface area contributed by atoms with Crippen molar-refractivity contribution in [3.8, 4) is 11.3 Å². The molecule has 0 atom stereocenters. The van der Waals surface area contributed by atoms with Crippen molar-refractivity contribution in [2.24, 2.45) is 0 Å². The van der Waals surface area contributed by atoms with E-state index in [-0.39, 0.29) is 5.56 Å². The number of nitrogens with one attached hydrogen (secondary N) is 1. The lowest BCUT2D eigenvalue weighted by molar-refractivity contribution is 0.511. The summed E-state index contributed by atoms with van der Waals surface area (Å²) in [4.78, 5) is 2.80. The van der Waals surface area contributed by atoms with Crippen molar-refractivity contribution in [1.82, 2.24) is 4.98 Å². The van der Waals surface area contributed by atoms with Crippen LogP contribution < -0.4 is 0 Å². The number of pyridine rings is 1. The Kier molecular flexibility index (Phi) is 2.60. The van der Waals surface area contributed by atoms with Gasteiger partial charge in [0, 0.05) is 11.3 Å². The van der Waals surface area contributed by atoms with Gasteiger partial charge >= 0.3 is 0 Å². The molecule has 0 aliphatic carbocycles. The van der Waals surface area contributed by atoms with Crippen LogP contribution in [0, 0.1) is 16.3 Å². The Labute approximate surface area is 90.4 Å². The Bertz CT molecular complexity index is 548. The van der Waals surface area contributed by atoms with E-state index in [0.29, 0.717) is 10.3 Å². The lowest BCUT2D eigenvalue weighted by Gasteiger charge is -2.03. The van der Waals surface area contributed by atoms with Crippen molar-refractivity contribution < 1.29 is 8.78 Å². The first-order valence-corrected chi connectivity index (χ1v) is 4.73. The summed E-state index contributed by atoms with van der Waals surface area (Å²) in [5.41, 5.74) is 0.654. The highest BCUT2D eigenvalue weighted by atomic mass is 32.1. The third-order valence-electron chi connectivity index (χ3n) is 2.01. The van der Waals surface area contributed by atoms with Gasteiger partial charge in [0.1, 0.15) is 4.64 Å². The summed E-state index contributed by atoms with van der Waals surface area (Å²) in [5, 5.41) is 0. The molecule has 1 nitrogen and oxygen atoms in total. The van der Waals surface area contributed by atoms with Crippen molar-refractivity contribution >= 4 is 12.2 Å². The number of hydrogen-bond donors (Lipinski definition) is 1. The zero-order valence-electron chi connectivity index (χ0n) is 7.63. The molecule has 1 aromatic heterocycles. The van der Waals surface area contributed by atoms with Crippen LogP contribution in [0.4, 0.5) is 8.78 Å². The molecule has 0 bridgehead atoms. The third kappa shape index (κ3) is 1.94. The minimum absolute atomic E-state index is 0.182. The molecule has 0 radical (unpaired) electrons. The highest BCUT2D eigenvalue weighted by Crippen LogP contribution is 2.22. The molecule has 1 heterocycles. The fourth-order valence-corrected chi connectivity index (χ4v) is 1.51. The fourth-order valence-electron chi connectivity index (χ4n) is 1.32. The molecule has 0 unspecified atom stereocenters. The molecule has 0 aliphatic rings. The van der Waals surface area contributed by atoms with Crippen LogP contribution in [0.15, 0.2) is 36.4 Å². The van der Waals surface area contributed by atoms with Crippen molar-refractivity contribution in [2.75, 3.05) is 0 Å². The average molecular weight is 223 g/mol. The maximum Gasteiger partial charge on any atom is 0.168 e. The predicted molar refractivity (Wildman–Crippen MR) is 57.0 cm³/mol. The van der Waals surface area contributed by atoms with Crippen molar-refractivity contribution in [2.45, 2.75) is 0 Å². The van der Waals surface area contributed by atoms with E-state index < -0.39 is 11.6 Å². The number of benzene rings is 1.